The zero-order chi connectivity index (χ0) is 16.2. The van der Waals surface area contributed by atoms with Gasteiger partial charge in [-0.3, -0.25) is 9.78 Å². The SMILES string of the molecule is N#CCC(=O)N1CCOc2c(-c3ccc(C#N)cc3)cncc21. The molecule has 6 heteroatoms. The van der Waals surface area contributed by atoms with Crippen LogP contribution in [-0.2, 0) is 4.79 Å². The number of aromatic nitrogens is 1. The molecule has 112 valence electrons. The summed E-state index contributed by atoms with van der Waals surface area (Å²) in [5.74, 6) is 0.304. The highest BCUT2D eigenvalue weighted by atomic mass is 16.5. The van der Waals surface area contributed by atoms with E-state index in [2.05, 4.69) is 11.1 Å². The number of amides is 1. The van der Waals surface area contributed by atoms with Crippen LogP contribution in [0.3, 0.4) is 0 Å². The maximum atomic E-state index is 12.1. The standard InChI is InChI=1S/C17H12N4O2/c18-6-5-16(22)21-7-8-23-17-14(10-20-11-15(17)21)13-3-1-12(9-19)2-4-13/h1-4,10-11H,5,7-8H2. The maximum Gasteiger partial charge on any atom is 0.241 e. The Hall–Kier alpha value is -3.38. The summed E-state index contributed by atoms with van der Waals surface area (Å²) < 4.78 is 5.74. The van der Waals surface area contributed by atoms with E-state index in [9.17, 15) is 4.79 Å². The number of hydrogen-bond donors (Lipinski definition) is 0. The van der Waals surface area contributed by atoms with E-state index in [0.717, 1.165) is 11.1 Å². The molecular formula is C17H12N4O2. The van der Waals surface area contributed by atoms with Gasteiger partial charge in [-0.1, -0.05) is 12.1 Å². The topological polar surface area (TPSA) is 90.0 Å². The fourth-order valence-corrected chi connectivity index (χ4v) is 2.49. The lowest BCUT2D eigenvalue weighted by Gasteiger charge is -2.30. The summed E-state index contributed by atoms with van der Waals surface area (Å²) >= 11 is 0. The first-order valence-electron chi connectivity index (χ1n) is 7.03. The van der Waals surface area contributed by atoms with Crippen LogP contribution in [0, 0.1) is 22.7 Å². The van der Waals surface area contributed by atoms with Gasteiger partial charge in [-0.25, -0.2) is 0 Å². The average Bonchev–Trinajstić information content (AvgIpc) is 2.61. The fourth-order valence-electron chi connectivity index (χ4n) is 2.49. The Bertz CT molecular complexity index is 831. The normalized spacial score (nSPS) is 12.5. The second kappa shape index (κ2) is 6.17. The molecule has 6 nitrogen and oxygen atoms in total. The molecule has 2 heterocycles. The second-order valence-electron chi connectivity index (χ2n) is 4.95. The molecule has 1 aliphatic rings. The zero-order valence-electron chi connectivity index (χ0n) is 12.2. The van der Waals surface area contributed by atoms with Crippen molar-refractivity contribution in [3.8, 4) is 29.0 Å². The van der Waals surface area contributed by atoms with Gasteiger partial charge in [0, 0.05) is 11.8 Å². The molecule has 0 radical (unpaired) electrons. The molecule has 1 aliphatic heterocycles. The lowest BCUT2D eigenvalue weighted by atomic mass is 10.0. The molecule has 0 aliphatic carbocycles. The van der Waals surface area contributed by atoms with Gasteiger partial charge in [0.25, 0.3) is 0 Å². The van der Waals surface area contributed by atoms with Gasteiger partial charge in [0.05, 0.1) is 30.4 Å². The van der Waals surface area contributed by atoms with Crippen molar-refractivity contribution in [3.05, 3.63) is 42.2 Å². The third-order valence-electron chi connectivity index (χ3n) is 3.59. The van der Waals surface area contributed by atoms with Gasteiger partial charge in [-0.05, 0) is 17.7 Å². The molecule has 23 heavy (non-hydrogen) atoms. The van der Waals surface area contributed by atoms with E-state index in [1.165, 1.54) is 4.90 Å². The van der Waals surface area contributed by atoms with Crippen LogP contribution in [0.5, 0.6) is 5.75 Å². The van der Waals surface area contributed by atoms with Gasteiger partial charge >= 0.3 is 0 Å². The summed E-state index contributed by atoms with van der Waals surface area (Å²) in [5.41, 5.74) is 2.74. The largest absolute Gasteiger partial charge is 0.489 e. The number of hydrogen-bond acceptors (Lipinski definition) is 5. The molecule has 1 aromatic heterocycles. The number of carbonyl (C=O) groups is 1. The molecule has 3 rings (SSSR count). The summed E-state index contributed by atoms with van der Waals surface area (Å²) in [5, 5.41) is 17.6. The summed E-state index contributed by atoms with van der Waals surface area (Å²) in [6.07, 6.45) is 3.05. The monoisotopic (exact) mass is 304 g/mol. The van der Waals surface area contributed by atoms with Crippen molar-refractivity contribution >= 4 is 11.6 Å². The quantitative estimate of drug-likeness (QED) is 0.848. The Balaban J connectivity index is 2.04. The Morgan fingerprint density at radius 1 is 1.26 bits per heavy atom. The first kappa shape index (κ1) is 14.6. The smallest absolute Gasteiger partial charge is 0.241 e. The summed E-state index contributed by atoms with van der Waals surface area (Å²) in [6, 6.07) is 11.0. The molecule has 0 N–H and O–H groups in total. The van der Waals surface area contributed by atoms with Crippen molar-refractivity contribution in [2.75, 3.05) is 18.1 Å². The highest BCUT2D eigenvalue weighted by molar-refractivity contribution is 5.97. The first-order chi connectivity index (χ1) is 11.2. The van der Waals surface area contributed by atoms with Crippen LogP contribution in [0.15, 0.2) is 36.7 Å². The number of rotatable bonds is 2. The zero-order valence-corrected chi connectivity index (χ0v) is 12.2. The number of benzene rings is 1. The van der Waals surface area contributed by atoms with Crippen LogP contribution in [0.2, 0.25) is 0 Å². The Labute approximate surface area is 133 Å². The molecule has 0 saturated heterocycles. The molecule has 0 atom stereocenters. The van der Waals surface area contributed by atoms with Crippen molar-refractivity contribution in [2.24, 2.45) is 0 Å². The highest BCUT2D eigenvalue weighted by Gasteiger charge is 2.26. The minimum absolute atomic E-state index is 0.180. The molecule has 0 spiro atoms. The molecule has 0 saturated carbocycles. The third-order valence-corrected chi connectivity index (χ3v) is 3.59. The molecular weight excluding hydrogens is 292 g/mol. The minimum Gasteiger partial charge on any atom is -0.489 e. The van der Waals surface area contributed by atoms with Crippen LogP contribution in [-0.4, -0.2) is 24.0 Å². The minimum atomic E-state index is -0.268. The predicted octanol–water partition coefficient (Wildman–Crippen LogP) is 2.26. The molecule has 1 amide bonds. The number of anilines is 1. The number of fused-ring (bicyclic) bond motifs is 1. The van der Waals surface area contributed by atoms with E-state index in [-0.39, 0.29) is 12.3 Å². The van der Waals surface area contributed by atoms with Gasteiger partial charge in [-0.2, -0.15) is 10.5 Å². The number of ether oxygens (including phenoxy) is 1. The van der Waals surface area contributed by atoms with Crippen LogP contribution in [0.25, 0.3) is 11.1 Å². The Morgan fingerprint density at radius 2 is 2.04 bits per heavy atom. The third kappa shape index (κ3) is 2.70. The van der Waals surface area contributed by atoms with E-state index in [4.69, 9.17) is 15.3 Å². The molecule has 2 aromatic rings. The Morgan fingerprint density at radius 3 is 2.74 bits per heavy atom. The highest BCUT2D eigenvalue weighted by Crippen LogP contribution is 2.39. The van der Waals surface area contributed by atoms with Crippen molar-refractivity contribution in [2.45, 2.75) is 6.42 Å². The average molecular weight is 304 g/mol. The van der Waals surface area contributed by atoms with Crippen LogP contribution in [0.4, 0.5) is 5.69 Å². The fraction of sp³-hybridized carbons (Fsp3) is 0.176. The van der Waals surface area contributed by atoms with Gasteiger partial charge in [-0.15, -0.1) is 0 Å². The van der Waals surface area contributed by atoms with Crippen molar-refractivity contribution < 1.29 is 9.53 Å². The lowest BCUT2D eigenvalue weighted by molar-refractivity contribution is -0.117. The van der Waals surface area contributed by atoms with Gasteiger partial charge in [0.1, 0.15) is 18.7 Å². The number of pyridine rings is 1. The predicted molar refractivity (Wildman–Crippen MR) is 82.5 cm³/mol. The lowest BCUT2D eigenvalue weighted by Crippen LogP contribution is -2.37. The van der Waals surface area contributed by atoms with Gasteiger partial charge in [0.15, 0.2) is 5.75 Å². The van der Waals surface area contributed by atoms with Crippen LogP contribution < -0.4 is 9.64 Å². The van der Waals surface area contributed by atoms with E-state index < -0.39 is 0 Å². The number of nitrogens with zero attached hydrogens (tertiary/aromatic N) is 4. The maximum absolute atomic E-state index is 12.1. The summed E-state index contributed by atoms with van der Waals surface area (Å²) in [4.78, 5) is 17.8. The van der Waals surface area contributed by atoms with E-state index in [0.29, 0.717) is 30.2 Å². The molecule has 1 aromatic carbocycles. The molecule has 0 bridgehead atoms. The number of nitriles is 2. The number of carbonyl (C=O) groups excluding carboxylic acids is 1. The van der Waals surface area contributed by atoms with Crippen molar-refractivity contribution in [1.29, 1.82) is 10.5 Å². The van der Waals surface area contributed by atoms with E-state index >= 15 is 0 Å². The van der Waals surface area contributed by atoms with Gasteiger partial charge in [0.2, 0.25) is 5.91 Å². The molecule has 0 unspecified atom stereocenters. The summed E-state index contributed by atoms with van der Waals surface area (Å²) in [7, 11) is 0. The second-order valence-corrected chi connectivity index (χ2v) is 4.95. The summed E-state index contributed by atoms with van der Waals surface area (Å²) in [6.45, 7) is 0.753. The van der Waals surface area contributed by atoms with Gasteiger partial charge < -0.3 is 9.64 Å². The Kier molecular flexibility index (Phi) is 3.90. The first-order valence-corrected chi connectivity index (χ1v) is 7.03. The van der Waals surface area contributed by atoms with Crippen LogP contribution in [0.1, 0.15) is 12.0 Å². The van der Waals surface area contributed by atoms with E-state index in [1.807, 2.05) is 18.2 Å². The van der Waals surface area contributed by atoms with Crippen LogP contribution >= 0.6 is 0 Å². The van der Waals surface area contributed by atoms with Crippen molar-refractivity contribution in [1.82, 2.24) is 4.98 Å². The molecule has 0 fully saturated rings. The van der Waals surface area contributed by atoms with E-state index in [1.54, 1.807) is 24.5 Å². The van der Waals surface area contributed by atoms with Crippen molar-refractivity contribution in [3.63, 3.8) is 0 Å².